The zero-order valence-corrected chi connectivity index (χ0v) is 16.5. The van der Waals surface area contributed by atoms with Crippen molar-refractivity contribution in [3.05, 3.63) is 28.2 Å². The van der Waals surface area contributed by atoms with Gasteiger partial charge in [0.25, 0.3) is 0 Å². The van der Waals surface area contributed by atoms with Gasteiger partial charge in [0.05, 0.1) is 5.02 Å². The molecule has 1 atom stereocenters. The first kappa shape index (κ1) is 21.0. The van der Waals surface area contributed by atoms with Crippen LogP contribution in [0.3, 0.4) is 0 Å². The summed E-state index contributed by atoms with van der Waals surface area (Å²) in [6.45, 7) is 2.48. The van der Waals surface area contributed by atoms with E-state index in [1.165, 1.54) is 22.5 Å². The van der Waals surface area contributed by atoms with Crippen molar-refractivity contribution in [1.29, 1.82) is 0 Å². The average molecular weight is 423 g/mol. The number of hydrogen-bond acceptors (Lipinski definition) is 4. The van der Waals surface area contributed by atoms with Crippen LogP contribution in [0.25, 0.3) is 0 Å². The number of carbonyl (C=O) groups excluding carboxylic acids is 1. The molecule has 1 aliphatic rings. The van der Waals surface area contributed by atoms with Crippen molar-refractivity contribution in [3.8, 4) is 0 Å². The minimum absolute atomic E-state index is 0.0541. The Labute approximate surface area is 162 Å². The molecule has 1 saturated heterocycles. The fourth-order valence-electron chi connectivity index (χ4n) is 2.79. The van der Waals surface area contributed by atoms with Gasteiger partial charge in [-0.3, -0.25) is 9.59 Å². The Morgan fingerprint density at radius 1 is 1.15 bits per heavy atom. The third-order valence-electron chi connectivity index (χ3n) is 4.15. The first-order valence-electron chi connectivity index (χ1n) is 8.06. The average Bonchev–Trinajstić information content (AvgIpc) is 2.56. The van der Waals surface area contributed by atoms with E-state index in [1.807, 2.05) is 0 Å². The summed E-state index contributed by atoms with van der Waals surface area (Å²) in [6, 6.07) is 4.25. The molecule has 7 nitrogen and oxygen atoms in total. The van der Waals surface area contributed by atoms with Crippen molar-refractivity contribution in [3.63, 3.8) is 0 Å². The Morgan fingerprint density at radius 3 is 2.35 bits per heavy atom. The van der Waals surface area contributed by atoms with E-state index in [-0.39, 0.29) is 65.8 Å². The number of carboxylic acid groups (broad SMARTS) is 1. The Balaban J connectivity index is 2.00. The minimum atomic E-state index is -3.80. The molecule has 10 heteroatoms. The minimum Gasteiger partial charge on any atom is -0.481 e. The summed E-state index contributed by atoms with van der Waals surface area (Å²) in [6.07, 6.45) is 0.0481. The van der Waals surface area contributed by atoms with Crippen LogP contribution in [0.2, 0.25) is 10.0 Å². The van der Waals surface area contributed by atoms with E-state index in [9.17, 15) is 18.0 Å². The molecule has 0 unspecified atom stereocenters. The van der Waals surface area contributed by atoms with Crippen molar-refractivity contribution in [1.82, 2.24) is 9.21 Å². The number of carboxylic acids is 1. The van der Waals surface area contributed by atoms with Gasteiger partial charge in [0.1, 0.15) is 4.90 Å². The third kappa shape index (κ3) is 5.09. The molecule has 1 aliphatic heterocycles. The monoisotopic (exact) mass is 422 g/mol. The highest BCUT2D eigenvalue weighted by Crippen LogP contribution is 2.28. The number of carbonyl (C=O) groups is 2. The second-order valence-corrected chi connectivity index (χ2v) is 9.02. The number of sulfonamides is 1. The lowest BCUT2D eigenvalue weighted by atomic mass is 10.0. The number of benzene rings is 1. The first-order chi connectivity index (χ1) is 12.1. The number of hydrogen-bond donors (Lipinski definition) is 1. The quantitative estimate of drug-likeness (QED) is 0.758. The molecule has 1 aromatic rings. The molecule has 0 aliphatic carbocycles. The molecule has 1 N–H and O–H groups in total. The molecule has 0 aromatic heterocycles. The van der Waals surface area contributed by atoms with Gasteiger partial charge in [-0.2, -0.15) is 4.31 Å². The number of halogens is 2. The molecular formula is C16H20Cl2N2O5S. The zero-order chi connectivity index (χ0) is 19.5. The van der Waals surface area contributed by atoms with Gasteiger partial charge in [-0.25, -0.2) is 8.42 Å². The lowest BCUT2D eigenvalue weighted by molar-refractivity contribution is -0.138. The largest absolute Gasteiger partial charge is 0.481 e. The molecule has 0 radical (unpaired) electrons. The Kier molecular flexibility index (Phi) is 6.90. The van der Waals surface area contributed by atoms with Gasteiger partial charge in [-0.05, 0) is 24.1 Å². The van der Waals surface area contributed by atoms with E-state index < -0.39 is 16.0 Å². The summed E-state index contributed by atoms with van der Waals surface area (Å²) in [5, 5.41) is 9.13. The maximum atomic E-state index is 12.7. The van der Waals surface area contributed by atoms with E-state index in [0.29, 0.717) is 0 Å². The standard InChI is InChI=1S/C16H20Cl2N2O5S/c1-11(9-16(22)23)8-15(21)19-4-6-20(7-5-19)26(24,25)14-10-12(17)2-3-13(14)18/h2-3,10-11H,4-9H2,1H3,(H,22,23)/t11-/m0/s1. The van der Waals surface area contributed by atoms with Gasteiger partial charge >= 0.3 is 5.97 Å². The van der Waals surface area contributed by atoms with Gasteiger partial charge in [0.15, 0.2) is 0 Å². The maximum absolute atomic E-state index is 12.7. The Hall–Kier alpha value is -1.35. The highest BCUT2D eigenvalue weighted by atomic mass is 35.5. The lowest BCUT2D eigenvalue weighted by Gasteiger charge is -2.34. The van der Waals surface area contributed by atoms with E-state index >= 15 is 0 Å². The predicted molar refractivity (Wildman–Crippen MR) is 97.8 cm³/mol. The Morgan fingerprint density at radius 2 is 1.77 bits per heavy atom. The van der Waals surface area contributed by atoms with Crippen molar-refractivity contribution < 1.29 is 23.1 Å². The van der Waals surface area contributed by atoms with Gasteiger partial charge in [0.2, 0.25) is 15.9 Å². The summed E-state index contributed by atoms with van der Waals surface area (Å²) in [4.78, 5) is 24.4. The topological polar surface area (TPSA) is 95.0 Å². The van der Waals surface area contributed by atoms with Crippen molar-refractivity contribution >= 4 is 45.1 Å². The smallest absolute Gasteiger partial charge is 0.303 e. The normalized spacial score (nSPS) is 17.1. The molecule has 26 heavy (non-hydrogen) atoms. The van der Waals surface area contributed by atoms with Crippen molar-refractivity contribution in [2.45, 2.75) is 24.7 Å². The highest BCUT2D eigenvalue weighted by molar-refractivity contribution is 7.89. The van der Waals surface area contributed by atoms with Gasteiger partial charge < -0.3 is 10.0 Å². The van der Waals surface area contributed by atoms with Crippen LogP contribution in [0.4, 0.5) is 0 Å². The van der Waals surface area contributed by atoms with Crippen molar-refractivity contribution in [2.75, 3.05) is 26.2 Å². The van der Waals surface area contributed by atoms with E-state index in [2.05, 4.69) is 0 Å². The fraction of sp³-hybridized carbons (Fsp3) is 0.500. The maximum Gasteiger partial charge on any atom is 0.303 e. The lowest BCUT2D eigenvalue weighted by Crippen LogP contribution is -2.50. The molecule has 1 fully saturated rings. The van der Waals surface area contributed by atoms with Crippen LogP contribution in [-0.2, 0) is 19.6 Å². The van der Waals surface area contributed by atoms with Crippen molar-refractivity contribution in [2.24, 2.45) is 5.92 Å². The van der Waals surface area contributed by atoms with Gasteiger partial charge in [-0.1, -0.05) is 30.1 Å². The molecular weight excluding hydrogens is 403 g/mol. The van der Waals surface area contributed by atoms with Crippen LogP contribution in [0.15, 0.2) is 23.1 Å². The molecule has 1 aromatic carbocycles. The summed E-state index contributed by atoms with van der Waals surface area (Å²) in [5.74, 6) is -1.39. The predicted octanol–water partition coefficient (Wildman–Crippen LogP) is 2.33. The van der Waals surface area contributed by atoms with E-state index in [0.717, 1.165) is 0 Å². The third-order valence-corrected chi connectivity index (χ3v) is 6.76. The molecule has 0 spiro atoms. The summed E-state index contributed by atoms with van der Waals surface area (Å²) in [5.41, 5.74) is 0. The van der Waals surface area contributed by atoms with Crippen LogP contribution in [0.5, 0.6) is 0 Å². The first-order valence-corrected chi connectivity index (χ1v) is 10.3. The Bertz CT molecular complexity index is 792. The van der Waals surface area contributed by atoms with Crippen LogP contribution in [0, 0.1) is 5.92 Å². The number of rotatable bonds is 6. The molecule has 0 bridgehead atoms. The van der Waals surface area contributed by atoms with Crippen LogP contribution < -0.4 is 0 Å². The number of piperazine rings is 1. The van der Waals surface area contributed by atoms with E-state index in [1.54, 1.807) is 11.8 Å². The van der Waals surface area contributed by atoms with Crippen LogP contribution in [0.1, 0.15) is 19.8 Å². The van der Waals surface area contributed by atoms with Crippen LogP contribution in [-0.4, -0.2) is 60.8 Å². The highest BCUT2D eigenvalue weighted by Gasteiger charge is 2.32. The summed E-state index contributed by atoms with van der Waals surface area (Å²) in [7, 11) is -3.80. The molecule has 1 heterocycles. The number of amides is 1. The summed E-state index contributed by atoms with van der Waals surface area (Å²) < 4.78 is 26.8. The van der Waals surface area contributed by atoms with Gasteiger partial charge in [0, 0.05) is 44.0 Å². The summed E-state index contributed by atoms with van der Waals surface area (Å²) >= 11 is 11.9. The SMILES string of the molecule is C[C@H](CC(=O)O)CC(=O)N1CCN(S(=O)(=O)c2cc(Cl)ccc2Cl)CC1. The van der Waals surface area contributed by atoms with E-state index in [4.69, 9.17) is 28.3 Å². The molecule has 0 saturated carbocycles. The fourth-order valence-corrected chi connectivity index (χ4v) is 4.95. The molecule has 2 rings (SSSR count). The number of nitrogens with zero attached hydrogens (tertiary/aromatic N) is 2. The number of aliphatic carboxylic acids is 1. The van der Waals surface area contributed by atoms with Crippen LogP contribution >= 0.6 is 23.2 Å². The van der Waals surface area contributed by atoms with Gasteiger partial charge in [-0.15, -0.1) is 0 Å². The zero-order valence-electron chi connectivity index (χ0n) is 14.2. The second kappa shape index (κ2) is 8.56. The molecule has 1 amide bonds. The molecule has 144 valence electrons. The second-order valence-electron chi connectivity index (χ2n) is 6.27.